The monoisotopic (exact) mass is 216 g/mol. The van der Waals surface area contributed by atoms with Crippen molar-refractivity contribution < 1.29 is 4.52 Å². The third-order valence-corrected chi connectivity index (χ3v) is 2.38. The van der Waals surface area contributed by atoms with E-state index in [1.165, 1.54) is 5.56 Å². The first-order valence-electron chi connectivity index (χ1n) is 5.38. The summed E-state index contributed by atoms with van der Waals surface area (Å²) in [5.41, 5.74) is 2.11. The molecule has 0 amide bonds. The smallest absolute Gasteiger partial charge is 0.232 e. The van der Waals surface area contributed by atoms with Crippen LogP contribution in [0.15, 0.2) is 28.8 Å². The summed E-state index contributed by atoms with van der Waals surface area (Å²) in [6.45, 7) is 8.22. The van der Waals surface area contributed by atoms with Gasteiger partial charge in [0.2, 0.25) is 11.7 Å². The number of nitrogens with zero attached hydrogens (tertiary/aromatic N) is 2. The summed E-state index contributed by atoms with van der Waals surface area (Å²) < 4.78 is 5.25. The van der Waals surface area contributed by atoms with Crippen LogP contribution in [0.25, 0.3) is 11.4 Å². The van der Waals surface area contributed by atoms with E-state index in [4.69, 9.17) is 4.52 Å². The first-order chi connectivity index (χ1) is 7.47. The standard InChI is InChI=1S/C13H16N2O/c1-9-5-7-10(8-6-9)11-14-12(16-15-11)13(2,3)4/h5-8H,1-4H3. The molecule has 2 rings (SSSR count). The number of hydrogen-bond donors (Lipinski definition) is 0. The van der Waals surface area contributed by atoms with Crippen molar-refractivity contribution in [1.29, 1.82) is 0 Å². The fourth-order valence-corrected chi connectivity index (χ4v) is 1.35. The molecular formula is C13H16N2O. The van der Waals surface area contributed by atoms with E-state index < -0.39 is 0 Å². The average Bonchev–Trinajstić information content (AvgIpc) is 2.67. The van der Waals surface area contributed by atoms with Crippen LogP contribution in [0.2, 0.25) is 0 Å². The Hall–Kier alpha value is -1.64. The minimum atomic E-state index is -0.101. The number of benzene rings is 1. The average molecular weight is 216 g/mol. The predicted octanol–water partition coefficient (Wildman–Crippen LogP) is 3.34. The molecule has 3 heteroatoms. The zero-order valence-corrected chi connectivity index (χ0v) is 10.1. The molecule has 0 aliphatic rings. The van der Waals surface area contributed by atoms with Gasteiger partial charge in [-0.05, 0) is 6.92 Å². The molecule has 84 valence electrons. The van der Waals surface area contributed by atoms with E-state index in [0.717, 1.165) is 5.56 Å². The maximum atomic E-state index is 5.25. The van der Waals surface area contributed by atoms with Crippen LogP contribution in [0.4, 0.5) is 0 Å². The van der Waals surface area contributed by atoms with E-state index in [0.29, 0.717) is 11.7 Å². The highest BCUT2D eigenvalue weighted by Gasteiger charge is 2.21. The third-order valence-electron chi connectivity index (χ3n) is 2.38. The molecule has 0 saturated heterocycles. The van der Waals surface area contributed by atoms with E-state index in [1.54, 1.807) is 0 Å². The Morgan fingerprint density at radius 3 is 2.19 bits per heavy atom. The molecule has 0 radical (unpaired) electrons. The number of aromatic nitrogens is 2. The van der Waals surface area contributed by atoms with Crippen LogP contribution < -0.4 is 0 Å². The SMILES string of the molecule is Cc1ccc(-c2noc(C(C)(C)C)n2)cc1. The van der Waals surface area contributed by atoms with Gasteiger partial charge in [0.1, 0.15) is 0 Å². The first kappa shape index (κ1) is 10.9. The van der Waals surface area contributed by atoms with Gasteiger partial charge in [0.05, 0.1) is 0 Å². The van der Waals surface area contributed by atoms with Crippen molar-refractivity contribution in [2.24, 2.45) is 0 Å². The van der Waals surface area contributed by atoms with Crippen LogP contribution in [0.3, 0.4) is 0 Å². The summed E-state index contributed by atoms with van der Waals surface area (Å²) >= 11 is 0. The Bertz CT molecular complexity index is 477. The largest absolute Gasteiger partial charge is 0.338 e. The maximum Gasteiger partial charge on any atom is 0.232 e. The summed E-state index contributed by atoms with van der Waals surface area (Å²) in [4.78, 5) is 4.40. The summed E-state index contributed by atoms with van der Waals surface area (Å²) in [5, 5.41) is 4.00. The van der Waals surface area contributed by atoms with E-state index in [9.17, 15) is 0 Å². The quantitative estimate of drug-likeness (QED) is 0.733. The molecule has 0 fully saturated rings. The lowest BCUT2D eigenvalue weighted by molar-refractivity contribution is 0.321. The van der Waals surface area contributed by atoms with Crippen LogP contribution in [-0.2, 0) is 5.41 Å². The molecule has 0 atom stereocenters. The van der Waals surface area contributed by atoms with Gasteiger partial charge in [-0.25, -0.2) is 0 Å². The second-order valence-corrected chi connectivity index (χ2v) is 5.04. The van der Waals surface area contributed by atoms with E-state index in [2.05, 4.69) is 37.8 Å². The third kappa shape index (κ3) is 2.13. The van der Waals surface area contributed by atoms with Crippen molar-refractivity contribution in [3.05, 3.63) is 35.7 Å². The topological polar surface area (TPSA) is 38.9 Å². The van der Waals surface area contributed by atoms with Gasteiger partial charge in [0, 0.05) is 11.0 Å². The molecule has 0 bridgehead atoms. The number of rotatable bonds is 1. The molecule has 2 aromatic rings. The molecule has 0 aliphatic heterocycles. The van der Waals surface area contributed by atoms with Crippen LogP contribution in [0, 0.1) is 6.92 Å². The fourth-order valence-electron chi connectivity index (χ4n) is 1.35. The summed E-state index contributed by atoms with van der Waals surface area (Å²) in [7, 11) is 0. The van der Waals surface area contributed by atoms with Gasteiger partial charge in [0.25, 0.3) is 0 Å². The highest BCUT2D eigenvalue weighted by atomic mass is 16.5. The number of aryl methyl sites for hydroxylation is 1. The minimum Gasteiger partial charge on any atom is -0.338 e. The van der Waals surface area contributed by atoms with Gasteiger partial charge >= 0.3 is 0 Å². The van der Waals surface area contributed by atoms with Crippen molar-refractivity contribution in [1.82, 2.24) is 10.1 Å². The van der Waals surface area contributed by atoms with Gasteiger partial charge < -0.3 is 4.52 Å². The fraction of sp³-hybridized carbons (Fsp3) is 0.385. The molecule has 1 aromatic carbocycles. The lowest BCUT2D eigenvalue weighted by atomic mass is 9.97. The summed E-state index contributed by atoms with van der Waals surface area (Å²) in [6.07, 6.45) is 0. The first-order valence-corrected chi connectivity index (χ1v) is 5.38. The molecule has 1 aromatic heterocycles. The Kier molecular flexibility index (Phi) is 2.54. The Morgan fingerprint density at radius 1 is 1.06 bits per heavy atom. The van der Waals surface area contributed by atoms with Crippen LogP contribution in [-0.4, -0.2) is 10.1 Å². The predicted molar refractivity (Wildman–Crippen MR) is 63.2 cm³/mol. The molecule has 0 N–H and O–H groups in total. The van der Waals surface area contributed by atoms with Gasteiger partial charge in [-0.2, -0.15) is 4.98 Å². The molecule has 0 spiro atoms. The molecule has 0 unspecified atom stereocenters. The van der Waals surface area contributed by atoms with Crippen LogP contribution in [0.5, 0.6) is 0 Å². The summed E-state index contributed by atoms with van der Waals surface area (Å²) in [6, 6.07) is 8.10. The lowest BCUT2D eigenvalue weighted by Gasteiger charge is -2.10. The van der Waals surface area contributed by atoms with Crippen molar-refractivity contribution >= 4 is 0 Å². The maximum absolute atomic E-state index is 5.25. The molecule has 16 heavy (non-hydrogen) atoms. The minimum absolute atomic E-state index is 0.101. The van der Waals surface area contributed by atoms with Gasteiger partial charge in [-0.1, -0.05) is 55.8 Å². The molecule has 0 aliphatic carbocycles. The number of hydrogen-bond acceptors (Lipinski definition) is 3. The molecule has 3 nitrogen and oxygen atoms in total. The zero-order valence-electron chi connectivity index (χ0n) is 10.1. The summed E-state index contributed by atoms with van der Waals surface area (Å²) in [5.74, 6) is 1.33. The second-order valence-electron chi connectivity index (χ2n) is 5.04. The Balaban J connectivity index is 2.35. The lowest BCUT2D eigenvalue weighted by Crippen LogP contribution is -2.11. The molecule has 1 heterocycles. The van der Waals surface area contributed by atoms with Crippen molar-refractivity contribution in [3.63, 3.8) is 0 Å². The highest BCUT2D eigenvalue weighted by Crippen LogP contribution is 2.23. The van der Waals surface area contributed by atoms with Gasteiger partial charge in [0.15, 0.2) is 0 Å². The Labute approximate surface area is 95.5 Å². The van der Waals surface area contributed by atoms with Crippen LogP contribution >= 0.6 is 0 Å². The van der Waals surface area contributed by atoms with Crippen LogP contribution in [0.1, 0.15) is 32.2 Å². The van der Waals surface area contributed by atoms with E-state index in [1.807, 2.05) is 24.3 Å². The van der Waals surface area contributed by atoms with E-state index >= 15 is 0 Å². The second kappa shape index (κ2) is 3.74. The van der Waals surface area contributed by atoms with Crippen molar-refractivity contribution in [2.75, 3.05) is 0 Å². The Morgan fingerprint density at radius 2 is 1.69 bits per heavy atom. The zero-order chi connectivity index (χ0) is 11.8. The molecular weight excluding hydrogens is 200 g/mol. The van der Waals surface area contributed by atoms with Gasteiger partial charge in [-0.15, -0.1) is 0 Å². The van der Waals surface area contributed by atoms with Crippen molar-refractivity contribution in [3.8, 4) is 11.4 Å². The van der Waals surface area contributed by atoms with Crippen molar-refractivity contribution in [2.45, 2.75) is 33.1 Å². The normalized spacial score (nSPS) is 11.8. The molecule has 0 saturated carbocycles. The highest BCUT2D eigenvalue weighted by molar-refractivity contribution is 5.54. The van der Waals surface area contributed by atoms with E-state index in [-0.39, 0.29) is 5.41 Å². The van der Waals surface area contributed by atoms with Gasteiger partial charge in [-0.3, -0.25) is 0 Å².